The third-order valence-corrected chi connectivity index (χ3v) is 2.64. The van der Waals surface area contributed by atoms with Crippen LogP contribution in [0.3, 0.4) is 0 Å². The number of halogens is 1. The molecule has 0 bridgehead atoms. The molecule has 1 unspecified atom stereocenters. The van der Waals surface area contributed by atoms with E-state index in [0.717, 1.165) is 6.20 Å². The fraction of sp³-hybridized carbons (Fsp3) is 0.333. The average molecular weight is 257 g/mol. The molecule has 1 fully saturated rings. The second kappa shape index (κ2) is 4.54. The first-order valence-electron chi connectivity index (χ1n) is 4.89. The molecule has 90 valence electrons. The van der Waals surface area contributed by atoms with Crippen molar-refractivity contribution in [1.29, 1.82) is 0 Å². The summed E-state index contributed by atoms with van der Waals surface area (Å²) in [5.74, 6) is 0.305. The summed E-state index contributed by atoms with van der Waals surface area (Å²) in [5.41, 5.74) is -0.166. The summed E-state index contributed by atoms with van der Waals surface area (Å²) in [6, 6.07) is 1.13. The minimum atomic E-state index is -0.566. The van der Waals surface area contributed by atoms with Crippen LogP contribution in [-0.2, 0) is 4.79 Å². The van der Waals surface area contributed by atoms with Gasteiger partial charge in [-0.15, -0.1) is 0 Å². The van der Waals surface area contributed by atoms with Gasteiger partial charge in [0, 0.05) is 19.0 Å². The Morgan fingerprint density at radius 2 is 2.41 bits per heavy atom. The molecular formula is C9H9ClN4O3. The van der Waals surface area contributed by atoms with Crippen molar-refractivity contribution < 1.29 is 9.72 Å². The SMILES string of the molecule is O=C1CC(Nc2ncc([N+](=O)[O-])cc2Cl)CN1. The van der Waals surface area contributed by atoms with Crippen molar-refractivity contribution in [2.75, 3.05) is 11.9 Å². The molecule has 1 atom stereocenters. The van der Waals surface area contributed by atoms with E-state index in [4.69, 9.17) is 11.6 Å². The molecule has 7 nitrogen and oxygen atoms in total. The molecule has 17 heavy (non-hydrogen) atoms. The number of amides is 1. The highest BCUT2D eigenvalue weighted by Gasteiger charge is 2.22. The van der Waals surface area contributed by atoms with Crippen LogP contribution < -0.4 is 10.6 Å². The quantitative estimate of drug-likeness (QED) is 0.620. The van der Waals surface area contributed by atoms with Crippen LogP contribution in [0.4, 0.5) is 11.5 Å². The topological polar surface area (TPSA) is 97.2 Å². The Morgan fingerprint density at radius 1 is 1.65 bits per heavy atom. The van der Waals surface area contributed by atoms with Gasteiger partial charge < -0.3 is 10.6 Å². The molecular weight excluding hydrogens is 248 g/mol. The number of nitrogens with zero attached hydrogens (tertiary/aromatic N) is 2. The van der Waals surface area contributed by atoms with E-state index >= 15 is 0 Å². The Labute approximate surface area is 101 Å². The molecule has 1 saturated heterocycles. The van der Waals surface area contributed by atoms with Crippen molar-refractivity contribution in [2.45, 2.75) is 12.5 Å². The second-order valence-corrected chi connectivity index (χ2v) is 4.04. The molecule has 0 aliphatic carbocycles. The first kappa shape index (κ1) is 11.6. The fourth-order valence-corrected chi connectivity index (χ4v) is 1.75. The van der Waals surface area contributed by atoms with Crippen molar-refractivity contribution in [3.63, 3.8) is 0 Å². The van der Waals surface area contributed by atoms with Crippen molar-refractivity contribution in [3.05, 3.63) is 27.4 Å². The predicted octanol–water partition coefficient (Wildman–Crippen LogP) is 0.944. The van der Waals surface area contributed by atoms with Gasteiger partial charge in [-0.25, -0.2) is 4.98 Å². The van der Waals surface area contributed by atoms with E-state index < -0.39 is 4.92 Å². The third kappa shape index (κ3) is 2.62. The molecule has 0 aromatic carbocycles. The summed E-state index contributed by atoms with van der Waals surface area (Å²) in [4.78, 5) is 24.8. The lowest BCUT2D eigenvalue weighted by atomic mass is 10.2. The monoisotopic (exact) mass is 256 g/mol. The Morgan fingerprint density at radius 3 is 2.94 bits per heavy atom. The van der Waals surface area contributed by atoms with Crippen LogP contribution in [0, 0.1) is 10.1 Å². The maximum Gasteiger partial charge on any atom is 0.289 e. The zero-order chi connectivity index (χ0) is 12.4. The number of pyridine rings is 1. The molecule has 8 heteroatoms. The lowest BCUT2D eigenvalue weighted by Crippen LogP contribution is -2.23. The number of aromatic nitrogens is 1. The van der Waals surface area contributed by atoms with Gasteiger partial charge >= 0.3 is 0 Å². The first-order chi connectivity index (χ1) is 8.06. The molecule has 1 amide bonds. The third-order valence-electron chi connectivity index (χ3n) is 2.36. The number of anilines is 1. The molecule has 0 spiro atoms. The summed E-state index contributed by atoms with van der Waals surface area (Å²) < 4.78 is 0. The van der Waals surface area contributed by atoms with Gasteiger partial charge in [-0.1, -0.05) is 11.6 Å². The zero-order valence-electron chi connectivity index (χ0n) is 8.64. The summed E-state index contributed by atoms with van der Waals surface area (Å²) in [5, 5.41) is 16.3. The van der Waals surface area contributed by atoms with Crippen molar-refractivity contribution in [1.82, 2.24) is 10.3 Å². The molecule has 1 aliphatic heterocycles. The standard InChI is InChI=1S/C9H9ClN4O3/c10-7-2-6(14(16)17)4-12-9(7)13-5-1-8(15)11-3-5/h2,4-5H,1,3H2,(H,11,15)(H,12,13). The van der Waals surface area contributed by atoms with Gasteiger partial charge in [0.1, 0.15) is 12.0 Å². The molecule has 0 radical (unpaired) electrons. The summed E-state index contributed by atoms with van der Waals surface area (Å²) in [6.45, 7) is 0.494. The lowest BCUT2D eigenvalue weighted by molar-refractivity contribution is -0.385. The van der Waals surface area contributed by atoms with E-state index in [0.29, 0.717) is 18.8 Å². The van der Waals surface area contributed by atoms with Crippen LogP contribution in [0.15, 0.2) is 12.3 Å². The Hall–Kier alpha value is -1.89. The molecule has 2 heterocycles. The van der Waals surface area contributed by atoms with Gasteiger partial charge in [0.15, 0.2) is 0 Å². The van der Waals surface area contributed by atoms with Gasteiger partial charge in [0.25, 0.3) is 5.69 Å². The summed E-state index contributed by atoms with van der Waals surface area (Å²) >= 11 is 5.85. The number of hydrogen-bond donors (Lipinski definition) is 2. The maximum atomic E-state index is 11.0. The average Bonchev–Trinajstić information content (AvgIpc) is 2.67. The molecule has 1 aromatic heterocycles. The Balaban J connectivity index is 2.11. The van der Waals surface area contributed by atoms with Crippen molar-refractivity contribution >= 4 is 29.0 Å². The summed E-state index contributed by atoms with van der Waals surface area (Å²) in [7, 11) is 0. The van der Waals surface area contributed by atoms with Gasteiger partial charge in [-0.3, -0.25) is 14.9 Å². The Bertz CT molecular complexity index is 479. The number of nitro groups is 1. The highest BCUT2D eigenvalue weighted by molar-refractivity contribution is 6.33. The largest absolute Gasteiger partial charge is 0.364 e. The molecule has 2 N–H and O–H groups in total. The molecule has 0 saturated carbocycles. The van der Waals surface area contributed by atoms with E-state index in [1.54, 1.807) is 0 Å². The Kier molecular flexibility index (Phi) is 3.10. The van der Waals surface area contributed by atoms with Crippen LogP contribution in [0.25, 0.3) is 0 Å². The van der Waals surface area contributed by atoms with E-state index in [9.17, 15) is 14.9 Å². The van der Waals surface area contributed by atoms with Crippen LogP contribution in [0.5, 0.6) is 0 Å². The fourth-order valence-electron chi connectivity index (χ4n) is 1.53. The number of carbonyl (C=O) groups excluding carboxylic acids is 1. The van der Waals surface area contributed by atoms with E-state index in [-0.39, 0.29) is 22.7 Å². The minimum Gasteiger partial charge on any atom is -0.364 e. The van der Waals surface area contributed by atoms with Crippen LogP contribution in [0.2, 0.25) is 5.02 Å². The van der Waals surface area contributed by atoms with Crippen molar-refractivity contribution in [3.8, 4) is 0 Å². The first-order valence-corrected chi connectivity index (χ1v) is 5.27. The highest BCUT2D eigenvalue weighted by Crippen LogP contribution is 2.24. The lowest BCUT2D eigenvalue weighted by Gasteiger charge is -2.11. The minimum absolute atomic E-state index is 0.0412. The second-order valence-electron chi connectivity index (χ2n) is 3.63. The van der Waals surface area contributed by atoms with Crippen LogP contribution in [0.1, 0.15) is 6.42 Å². The summed E-state index contributed by atoms with van der Waals surface area (Å²) in [6.07, 6.45) is 1.47. The van der Waals surface area contributed by atoms with Gasteiger partial charge in [-0.2, -0.15) is 0 Å². The normalized spacial score (nSPS) is 18.9. The van der Waals surface area contributed by atoms with E-state index in [2.05, 4.69) is 15.6 Å². The molecule has 2 rings (SSSR count). The van der Waals surface area contributed by atoms with Crippen molar-refractivity contribution in [2.24, 2.45) is 0 Å². The van der Waals surface area contributed by atoms with Gasteiger partial charge in [0.2, 0.25) is 5.91 Å². The number of rotatable bonds is 3. The smallest absolute Gasteiger partial charge is 0.289 e. The maximum absolute atomic E-state index is 11.0. The van der Waals surface area contributed by atoms with Crippen LogP contribution >= 0.6 is 11.6 Å². The molecule has 1 aliphatic rings. The number of hydrogen-bond acceptors (Lipinski definition) is 5. The van der Waals surface area contributed by atoms with E-state index in [1.807, 2.05) is 0 Å². The van der Waals surface area contributed by atoms with Crippen LogP contribution in [-0.4, -0.2) is 28.4 Å². The molecule has 1 aromatic rings. The highest BCUT2D eigenvalue weighted by atomic mass is 35.5. The van der Waals surface area contributed by atoms with Gasteiger partial charge in [-0.05, 0) is 0 Å². The zero-order valence-corrected chi connectivity index (χ0v) is 9.40. The number of carbonyl (C=O) groups is 1. The van der Waals surface area contributed by atoms with E-state index in [1.165, 1.54) is 6.07 Å². The van der Waals surface area contributed by atoms with Gasteiger partial charge in [0.05, 0.1) is 16.0 Å². The number of nitrogens with one attached hydrogen (secondary N) is 2. The predicted molar refractivity (Wildman–Crippen MR) is 60.9 cm³/mol.